The van der Waals surface area contributed by atoms with Crippen LogP contribution in [0.5, 0.6) is 5.75 Å². The Bertz CT molecular complexity index is 512. The summed E-state index contributed by atoms with van der Waals surface area (Å²) in [5, 5.41) is 5.48. The molecular weight excluding hydrogens is 310 g/mol. The zero-order valence-corrected chi connectivity index (χ0v) is 12.8. The van der Waals surface area contributed by atoms with Crippen LogP contribution < -0.4 is 10.1 Å². The summed E-state index contributed by atoms with van der Waals surface area (Å²) in [6.07, 6.45) is 0.924. The van der Waals surface area contributed by atoms with Gasteiger partial charge in [0.25, 0.3) is 0 Å². The molecule has 0 radical (unpaired) electrons. The minimum Gasteiger partial charge on any atom is -0.496 e. The normalized spacial score (nSPS) is 12.4. The minimum atomic E-state index is 0.317. The number of rotatable bonds is 5. The first-order chi connectivity index (χ1) is 8.74. The maximum Gasteiger partial charge on any atom is 0.122 e. The van der Waals surface area contributed by atoms with Crippen LogP contribution in [0.1, 0.15) is 16.5 Å². The van der Waals surface area contributed by atoms with Crippen molar-refractivity contribution in [3.05, 3.63) is 50.6 Å². The van der Waals surface area contributed by atoms with E-state index in [1.165, 1.54) is 10.4 Å². The largest absolute Gasteiger partial charge is 0.496 e. The topological polar surface area (TPSA) is 21.3 Å². The Morgan fingerprint density at radius 3 is 2.78 bits per heavy atom. The number of methoxy groups -OCH3 is 1. The quantitative estimate of drug-likeness (QED) is 0.896. The van der Waals surface area contributed by atoms with Gasteiger partial charge in [0.1, 0.15) is 5.75 Å². The summed E-state index contributed by atoms with van der Waals surface area (Å²) in [4.78, 5) is 1.33. The molecular formula is C14H16BrNOS. The number of halogens is 1. The summed E-state index contributed by atoms with van der Waals surface area (Å²) in [6, 6.07) is 10.7. The molecule has 0 amide bonds. The van der Waals surface area contributed by atoms with Crippen LogP contribution in [0, 0.1) is 0 Å². The van der Waals surface area contributed by atoms with Gasteiger partial charge in [-0.05, 0) is 47.1 Å². The van der Waals surface area contributed by atoms with E-state index in [4.69, 9.17) is 4.74 Å². The number of likely N-dealkylation sites (N-methyl/N-ethyl adjacent to an activating group) is 1. The molecule has 1 heterocycles. The molecule has 0 saturated heterocycles. The third-order valence-electron chi connectivity index (χ3n) is 2.90. The second kappa shape index (κ2) is 6.36. The number of thiophene rings is 1. The van der Waals surface area contributed by atoms with Crippen LogP contribution in [0.25, 0.3) is 0 Å². The first-order valence-corrected chi connectivity index (χ1v) is 7.45. The van der Waals surface area contributed by atoms with Crippen LogP contribution >= 0.6 is 27.3 Å². The van der Waals surface area contributed by atoms with E-state index < -0.39 is 0 Å². The molecule has 2 aromatic rings. The molecule has 2 nitrogen and oxygen atoms in total. The number of hydrogen-bond donors (Lipinski definition) is 1. The van der Waals surface area contributed by atoms with Gasteiger partial charge in [-0.3, -0.25) is 0 Å². The van der Waals surface area contributed by atoms with Gasteiger partial charge in [-0.2, -0.15) is 0 Å². The highest BCUT2D eigenvalue weighted by Gasteiger charge is 2.14. The summed E-state index contributed by atoms with van der Waals surface area (Å²) in [6.45, 7) is 0. The molecule has 1 N–H and O–H groups in total. The second-order valence-corrected chi connectivity index (χ2v) is 5.88. The zero-order valence-electron chi connectivity index (χ0n) is 10.4. The highest BCUT2D eigenvalue weighted by atomic mass is 79.9. The minimum absolute atomic E-state index is 0.317. The van der Waals surface area contributed by atoms with Gasteiger partial charge in [-0.15, -0.1) is 11.3 Å². The average Bonchev–Trinajstić information content (AvgIpc) is 2.83. The monoisotopic (exact) mass is 325 g/mol. The molecule has 0 aliphatic heterocycles. The van der Waals surface area contributed by atoms with Crippen molar-refractivity contribution in [3.63, 3.8) is 0 Å². The highest BCUT2D eigenvalue weighted by Crippen LogP contribution is 2.30. The molecule has 0 spiro atoms. The van der Waals surface area contributed by atoms with Crippen LogP contribution in [0.2, 0.25) is 0 Å². The lowest BCUT2D eigenvalue weighted by molar-refractivity contribution is 0.406. The third-order valence-corrected chi connectivity index (χ3v) is 4.70. The van der Waals surface area contributed by atoms with Gasteiger partial charge < -0.3 is 10.1 Å². The fraction of sp³-hybridized carbons (Fsp3) is 0.286. The maximum atomic E-state index is 5.40. The van der Waals surface area contributed by atoms with Gasteiger partial charge in [0, 0.05) is 20.8 Å². The number of benzene rings is 1. The molecule has 0 aliphatic rings. The number of hydrogen-bond acceptors (Lipinski definition) is 3. The van der Waals surface area contributed by atoms with Gasteiger partial charge >= 0.3 is 0 Å². The summed E-state index contributed by atoms with van der Waals surface area (Å²) >= 11 is 5.27. The third kappa shape index (κ3) is 3.13. The van der Waals surface area contributed by atoms with Crippen molar-refractivity contribution in [2.24, 2.45) is 0 Å². The van der Waals surface area contributed by atoms with Crippen molar-refractivity contribution in [2.45, 2.75) is 12.5 Å². The number of ether oxygens (including phenoxy) is 1. The van der Waals surface area contributed by atoms with E-state index in [2.05, 4.69) is 44.8 Å². The van der Waals surface area contributed by atoms with Crippen molar-refractivity contribution < 1.29 is 4.74 Å². The van der Waals surface area contributed by atoms with E-state index in [9.17, 15) is 0 Å². The van der Waals surface area contributed by atoms with E-state index >= 15 is 0 Å². The van der Waals surface area contributed by atoms with Crippen LogP contribution in [0.15, 0.2) is 40.2 Å². The van der Waals surface area contributed by atoms with Crippen molar-refractivity contribution in [3.8, 4) is 5.75 Å². The second-order valence-electron chi connectivity index (χ2n) is 4.02. The summed E-state index contributed by atoms with van der Waals surface area (Å²) in [7, 11) is 3.71. The molecule has 2 rings (SSSR count). The fourth-order valence-electron chi connectivity index (χ4n) is 1.95. The molecule has 4 heteroatoms. The van der Waals surface area contributed by atoms with Crippen molar-refractivity contribution >= 4 is 27.3 Å². The van der Waals surface area contributed by atoms with Crippen LogP contribution in [0.3, 0.4) is 0 Å². The SMILES string of the molecule is CNC(Cc1ccccc1OC)c1cc(Br)cs1. The van der Waals surface area contributed by atoms with E-state index in [-0.39, 0.29) is 0 Å². The van der Waals surface area contributed by atoms with Crippen molar-refractivity contribution in [1.29, 1.82) is 0 Å². The van der Waals surface area contributed by atoms with E-state index in [1.807, 2.05) is 19.2 Å². The molecule has 96 valence electrons. The number of nitrogens with one attached hydrogen (secondary N) is 1. The van der Waals surface area contributed by atoms with E-state index in [1.54, 1.807) is 18.4 Å². The lowest BCUT2D eigenvalue weighted by atomic mass is 10.0. The summed E-state index contributed by atoms with van der Waals surface area (Å²) < 4.78 is 6.54. The first kappa shape index (κ1) is 13.6. The smallest absolute Gasteiger partial charge is 0.122 e. The van der Waals surface area contributed by atoms with Crippen LogP contribution in [0.4, 0.5) is 0 Å². The summed E-state index contributed by atoms with van der Waals surface area (Å²) in [5.41, 5.74) is 1.23. The molecule has 1 aromatic carbocycles. The van der Waals surface area contributed by atoms with Gasteiger partial charge in [-0.25, -0.2) is 0 Å². The Morgan fingerprint density at radius 2 is 2.17 bits per heavy atom. The van der Waals surface area contributed by atoms with Gasteiger partial charge in [0.15, 0.2) is 0 Å². The first-order valence-electron chi connectivity index (χ1n) is 5.77. The van der Waals surface area contributed by atoms with Gasteiger partial charge in [0.2, 0.25) is 0 Å². The Kier molecular flexibility index (Phi) is 4.80. The molecule has 1 atom stereocenters. The van der Waals surface area contributed by atoms with Gasteiger partial charge in [0.05, 0.1) is 7.11 Å². The molecule has 0 bridgehead atoms. The molecule has 0 saturated carbocycles. The van der Waals surface area contributed by atoms with E-state index in [0.717, 1.165) is 16.6 Å². The lowest BCUT2D eigenvalue weighted by Gasteiger charge is -2.16. The molecule has 1 aromatic heterocycles. The maximum absolute atomic E-state index is 5.40. The van der Waals surface area contributed by atoms with Gasteiger partial charge in [-0.1, -0.05) is 18.2 Å². The fourth-order valence-corrected chi connectivity index (χ4v) is 3.50. The highest BCUT2D eigenvalue weighted by molar-refractivity contribution is 9.10. The Morgan fingerprint density at radius 1 is 1.39 bits per heavy atom. The zero-order chi connectivity index (χ0) is 13.0. The van der Waals surface area contributed by atoms with Crippen molar-refractivity contribution in [1.82, 2.24) is 5.32 Å². The molecule has 0 aliphatic carbocycles. The molecule has 1 unspecified atom stereocenters. The molecule has 18 heavy (non-hydrogen) atoms. The Hall–Kier alpha value is -0.840. The average molecular weight is 326 g/mol. The standard InChI is InChI=1S/C14H16BrNOS/c1-16-12(14-8-11(15)9-18-14)7-10-5-3-4-6-13(10)17-2/h3-6,8-9,12,16H,7H2,1-2H3. The Labute approximate surface area is 120 Å². The Balaban J connectivity index is 2.20. The van der Waals surface area contributed by atoms with Crippen molar-refractivity contribution in [2.75, 3.05) is 14.2 Å². The van der Waals surface area contributed by atoms with Crippen LogP contribution in [-0.2, 0) is 6.42 Å². The summed E-state index contributed by atoms with van der Waals surface area (Å²) in [5.74, 6) is 0.952. The molecule has 0 fully saturated rings. The number of para-hydroxylation sites is 1. The predicted octanol–water partition coefficient (Wildman–Crippen LogP) is 4.02. The predicted molar refractivity (Wildman–Crippen MR) is 80.5 cm³/mol. The van der Waals surface area contributed by atoms with Crippen LogP contribution in [-0.4, -0.2) is 14.2 Å². The van der Waals surface area contributed by atoms with E-state index in [0.29, 0.717) is 6.04 Å². The lowest BCUT2D eigenvalue weighted by Crippen LogP contribution is -2.18.